The van der Waals surface area contributed by atoms with Gasteiger partial charge in [-0.05, 0) is 30.2 Å². The number of piperidine rings is 1. The highest BCUT2D eigenvalue weighted by Gasteiger charge is 2.25. The fourth-order valence-corrected chi connectivity index (χ4v) is 3.54. The Hall–Kier alpha value is -1.16. The molecule has 2 heterocycles. The first kappa shape index (κ1) is 21.9. The lowest BCUT2D eigenvalue weighted by Gasteiger charge is -2.25. The number of hydrogen-bond donors (Lipinski definition) is 2. The maximum absolute atomic E-state index is 11.7. The van der Waals surface area contributed by atoms with Crippen LogP contribution in [-0.2, 0) is 16.0 Å². The van der Waals surface area contributed by atoms with Gasteiger partial charge in [0.1, 0.15) is 0 Å². The van der Waals surface area contributed by atoms with Crippen molar-refractivity contribution in [2.75, 3.05) is 26.7 Å². The first-order valence-corrected chi connectivity index (χ1v) is 9.28. The fraction of sp³-hybridized carbons (Fsp3) is 0.588. The van der Waals surface area contributed by atoms with Crippen LogP contribution in [0.25, 0.3) is 0 Å². The van der Waals surface area contributed by atoms with Gasteiger partial charge >= 0.3 is 0 Å². The number of aliphatic imine (C=N–C) groups is 1. The minimum absolute atomic E-state index is 0. The monoisotopic (exact) mass is 478 g/mol. The predicted molar refractivity (Wildman–Crippen MR) is 113 cm³/mol. The number of rotatable bonds is 7. The van der Waals surface area contributed by atoms with Gasteiger partial charge in [0.25, 0.3) is 0 Å². The van der Waals surface area contributed by atoms with Gasteiger partial charge in [0.15, 0.2) is 5.96 Å². The molecule has 1 aromatic heterocycles. The summed E-state index contributed by atoms with van der Waals surface area (Å²) in [4.78, 5) is 30.4. The second kappa shape index (κ2) is 11.5. The topological polar surface area (TPSA) is 73.8 Å². The van der Waals surface area contributed by atoms with E-state index in [1.807, 2.05) is 0 Å². The lowest BCUT2D eigenvalue weighted by Crippen LogP contribution is -2.47. The molecule has 8 heteroatoms. The summed E-state index contributed by atoms with van der Waals surface area (Å²) in [6.45, 7) is 3.92. The zero-order valence-corrected chi connectivity index (χ0v) is 17.9. The third-order valence-corrected chi connectivity index (χ3v) is 4.88. The van der Waals surface area contributed by atoms with Crippen LogP contribution in [0.2, 0.25) is 0 Å². The number of imide groups is 1. The van der Waals surface area contributed by atoms with Gasteiger partial charge in [0.05, 0.1) is 0 Å². The van der Waals surface area contributed by atoms with Crippen LogP contribution in [0.15, 0.2) is 22.5 Å². The minimum Gasteiger partial charge on any atom is -0.356 e. The number of nitrogens with zero attached hydrogens (tertiary/aromatic N) is 2. The summed E-state index contributed by atoms with van der Waals surface area (Å²) in [7, 11) is 1.72. The van der Waals surface area contributed by atoms with Crippen molar-refractivity contribution in [3.63, 3.8) is 0 Å². The van der Waals surface area contributed by atoms with E-state index in [-0.39, 0.29) is 35.8 Å². The van der Waals surface area contributed by atoms with Crippen LogP contribution in [-0.4, -0.2) is 49.4 Å². The van der Waals surface area contributed by atoms with Crippen LogP contribution in [0.3, 0.4) is 0 Å². The van der Waals surface area contributed by atoms with Crippen molar-refractivity contribution in [1.29, 1.82) is 0 Å². The summed E-state index contributed by atoms with van der Waals surface area (Å²) < 4.78 is 0. The van der Waals surface area contributed by atoms with Crippen molar-refractivity contribution in [3.8, 4) is 0 Å². The summed E-state index contributed by atoms with van der Waals surface area (Å²) in [5.74, 6) is 1.05. The second-order valence-corrected chi connectivity index (χ2v) is 7.09. The molecule has 0 aliphatic carbocycles. The molecular weight excluding hydrogens is 451 g/mol. The molecule has 2 N–H and O–H groups in total. The van der Waals surface area contributed by atoms with Crippen LogP contribution in [0.1, 0.15) is 31.1 Å². The van der Waals surface area contributed by atoms with Crippen LogP contribution in [0.4, 0.5) is 0 Å². The van der Waals surface area contributed by atoms with Crippen LogP contribution in [0, 0.1) is 5.92 Å². The molecule has 140 valence electrons. The van der Waals surface area contributed by atoms with E-state index in [2.05, 4.69) is 40.1 Å². The Morgan fingerprint density at radius 1 is 1.32 bits per heavy atom. The molecule has 2 rings (SSSR count). The molecule has 1 saturated heterocycles. The van der Waals surface area contributed by atoms with Gasteiger partial charge in [0, 0.05) is 44.4 Å². The summed E-state index contributed by atoms with van der Waals surface area (Å²) >= 11 is 1.78. The third kappa shape index (κ3) is 7.31. The summed E-state index contributed by atoms with van der Waals surface area (Å²) in [5, 5.41) is 8.56. The SMILES string of the molecule is CN=C(NCCN1C(=O)CCCC1=O)NCC(C)Cc1cccs1.I. The quantitative estimate of drug-likeness (QED) is 0.273. The van der Waals surface area contributed by atoms with E-state index in [4.69, 9.17) is 0 Å². The minimum atomic E-state index is -0.0689. The molecule has 1 aliphatic heterocycles. The molecule has 2 amide bonds. The molecule has 0 aromatic carbocycles. The van der Waals surface area contributed by atoms with E-state index >= 15 is 0 Å². The average Bonchev–Trinajstić information content (AvgIpc) is 3.06. The van der Waals surface area contributed by atoms with Gasteiger partial charge in [-0.25, -0.2) is 0 Å². The molecule has 1 aromatic rings. The Kier molecular flexibility index (Phi) is 10.0. The zero-order valence-electron chi connectivity index (χ0n) is 14.8. The van der Waals surface area contributed by atoms with Gasteiger partial charge in [-0.2, -0.15) is 0 Å². The van der Waals surface area contributed by atoms with Crippen molar-refractivity contribution < 1.29 is 9.59 Å². The molecule has 1 fully saturated rings. The van der Waals surface area contributed by atoms with Gasteiger partial charge in [-0.3, -0.25) is 19.5 Å². The van der Waals surface area contributed by atoms with Crippen molar-refractivity contribution in [2.24, 2.45) is 10.9 Å². The summed E-state index contributed by atoms with van der Waals surface area (Å²) in [5.41, 5.74) is 0. The molecule has 0 bridgehead atoms. The van der Waals surface area contributed by atoms with E-state index in [1.54, 1.807) is 18.4 Å². The number of carbonyl (C=O) groups is 2. The Morgan fingerprint density at radius 2 is 2.04 bits per heavy atom. The molecule has 25 heavy (non-hydrogen) atoms. The molecule has 0 spiro atoms. The molecular formula is C17H27IN4O2S. The molecule has 0 radical (unpaired) electrons. The van der Waals surface area contributed by atoms with E-state index in [0.29, 0.717) is 44.2 Å². The summed E-state index contributed by atoms with van der Waals surface area (Å²) in [6, 6.07) is 4.23. The van der Waals surface area contributed by atoms with Crippen LogP contribution in [0.5, 0.6) is 0 Å². The fourth-order valence-electron chi connectivity index (χ4n) is 2.67. The zero-order chi connectivity index (χ0) is 17.4. The van der Waals surface area contributed by atoms with Crippen molar-refractivity contribution in [3.05, 3.63) is 22.4 Å². The Labute approximate surface area is 170 Å². The van der Waals surface area contributed by atoms with Crippen LogP contribution >= 0.6 is 35.3 Å². The molecule has 1 aliphatic rings. The maximum Gasteiger partial charge on any atom is 0.229 e. The Bertz CT molecular complexity index is 561. The number of amides is 2. The number of likely N-dealkylation sites (tertiary alicyclic amines) is 1. The first-order valence-electron chi connectivity index (χ1n) is 8.40. The van der Waals surface area contributed by atoms with Gasteiger partial charge < -0.3 is 10.6 Å². The van der Waals surface area contributed by atoms with E-state index < -0.39 is 0 Å². The van der Waals surface area contributed by atoms with Gasteiger partial charge in [-0.1, -0.05) is 13.0 Å². The summed E-state index contributed by atoms with van der Waals surface area (Å²) in [6.07, 6.45) is 2.66. The Morgan fingerprint density at radius 3 is 2.64 bits per heavy atom. The van der Waals surface area contributed by atoms with E-state index in [1.165, 1.54) is 9.78 Å². The highest BCUT2D eigenvalue weighted by atomic mass is 127. The first-order chi connectivity index (χ1) is 11.6. The van der Waals surface area contributed by atoms with Gasteiger partial charge in [-0.15, -0.1) is 35.3 Å². The second-order valence-electron chi connectivity index (χ2n) is 6.06. The lowest BCUT2D eigenvalue weighted by molar-refractivity contribution is -0.147. The number of halogens is 1. The molecule has 1 atom stereocenters. The normalized spacial score (nSPS) is 16.4. The highest BCUT2D eigenvalue weighted by Crippen LogP contribution is 2.14. The van der Waals surface area contributed by atoms with E-state index in [9.17, 15) is 9.59 Å². The number of nitrogens with one attached hydrogen (secondary N) is 2. The van der Waals surface area contributed by atoms with Crippen molar-refractivity contribution in [2.45, 2.75) is 32.6 Å². The number of carbonyl (C=O) groups excluding carboxylic acids is 2. The Balaban J connectivity index is 0.00000312. The maximum atomic E-state index is 11.7. The molecule has 0 saturated carbocycles. The average molecular weight is 478 g/mol. The smallest absolute Gasteiger partial charge is 0.229 e. The highest BCUT2D eigenvalue weighted by molar-refractivity contribution is 14.0. The van der Waals surface area contributed by atoms with Gasteiger partial charge in [0.2, 0.25) is 11.8 Å². The number of hydrogen-bond acceptors (Lipinski definition) is 4. The van der Waals surface area contributed by atoms with Crippen molar-refractivity contribution >= 4 is 53.1 Å². The predicted octanol–water partition coefficient (Wildman–Crippen LogP) is 2.25. The lowest BCUT2D eigenvalue weighted by atomic mass is 10.1. The third-order valence-electron chi connectivity index (χ3n) is 3.98. The molecule has 1 unspecified atom stereocenters. The standard InChI is InChI=1S/C17H26N4O2S.HI/c1-13(11-14-5-4-10-24-14)12-20-17(18-2)19-8-9-21-15(22)6-3-7-16(21)23;/h4-5,10,13H,3,6-9,11-12H2,1-2H3,(H2,18,19,20);1H. The number of guanidine groups is 1. The number of thiophene rings is 1. The largest absolute Gasteiger partial charge is 0.356 e. The molecule has 6 nitrogen and oxygen atoms in total. The van der Waals surface area contributed by atoms with E-state index in [0.717, 1.165) is 13.0 Å². The van der Waals surface area contributed by atoms with Crippen LogP contribution < -0.4 is 10.6 Å². The van der Waals surface area contributed by atoms with Crippen molar-refractivity contribution in [1.82, 2.24) is 15.5 Å².